The van der Waals surface area contributed by atoms with Gasteiger partial charge in [0.25, 0.3) is 0 Å². The molecule has 2 saturated heterocycles. The van der Waals surface area contributed by atoms with Crippen molar-refractivity contribution in [2.75, 3.05) is 33.8 Å². The van der Waals surface area contributed by atoms with Crippen LogP contribution < -0.4 is 14.8 Å². The molecule has 1 aromatic rings. The second-order valence-electron chi connectivity index (χ2n) is 7.13. The number of likely N-dealkylation sites (tertiary alicyclic amines) is 2. The van der Waals surface area contributed by atoms with Gasteiger partial charge in [-0.3, -0.25) is 9.69 Å². The Morgan fingerprint density at radius 3 is 2.44 bits per heavy atom. The number of methoxy groups -OCH3 is 1. The maximum Gasteiger partial charge on any atom is 0.320 e. The molecular formula is C19H27N3O5. The molecule has 0 saturated carbocycles. The highest BCUT2D eigenvalue weighted by atomic mass is 16.5. The predicted molar refractivity (Wildman–Crippen MR) is 99.2 cm³/mol. The number of aliphatic carboxylic acids is 1. The van der Waals surface area contributed by atoms with Crippen LogP contribution in [0.1, 0.15) is 19.3 Å². The zero-order valence-corrected chi connectivity index (χ0v) is 15.8. The van der Waals surface area contributed by atoms with Gasteiger partial charge in [-0.1, -0.05) is 12.1 Å². The molecule has 2 aliphatic rings. The van der Waals surface area contributed by atoms with Crippen LogP contribution in [0.2, 0.25) is 0 Å². The summed E-state index contributed by atoms with van der Waals surface area (Å²) in [7, 11) is 3.39. The number of hydrogen-bond acceptors (Lipinski definition) is 5. The lowest BCUT2D eigenvalue weighted by molar-refractivity contribution is -0.141. The molecule has 2 N–H and O–H groups in total. The van der Waals surface area contributed by atoms with Gasteiger partial charge in [-0.15, -0.1) is 0 Å². The molecular weight excluding hydrogens is 350 g/mol. The number of amides is 2. The van der Waals surface area contributed by atoms with E-state index in [-0.39, 0.29) is 18.2 Å². The second-order valence-corrected chi connectivity index (χ2v) is 7.13. The summed E-state index contributed by atoms with van der Waals surface area (Å²) in [6, 6.07) is 6.75. The number of nitrogens with one attached hydrogen (secondary N) is 1. The van der Waals surface area contributed by atoms with Crippen LogP contribution in [0, 0.1) is 0 Å². The van der Waals surface area contributed by atoms with Crippen molar-refractivity contribution in [2.24, 2.45) is 0 Å². The Morgan fingerprint density at radius 2 is 1.85 bits per heavy atom. The van der Waals surface area contributed by atoms with E-state index >= 15 is 0 Å². The molecule has 2 heterocycles. The summed E-state index contributed by atoms with van der Waals surface area (Å²) < 4.78 is 11.3. The second kappa shape index (κ2) is 8.47. The maximum absolute atomic E-state index is 12.5. The number of urea groups is 1. The van der Waals surface area contributed by atoms with Gasteiger partial charge < -0.3 is 24.8 Å². The Morgan fingerprint density at radius 1 is 1.19 bits per heavy atom. The van der Waals surface area contributed by atoms with Crippen molar-refractivity contribution in [2.45, 2.75) is 37.5 Å². The Hall–Kier alpha value is -2.48. The fraction of sp³-hybridized carbons (Fsp3) is 0.579. The van der Waals surface area contributed by atoms with E-state index in [9.17, 15) is 14.7 Å². The van der Waals surface area contributed by atoms with Crippen molar-refractivity contribution in [1.29, 1.82) is 0 Å². The van der Waals surface area contributed by atoms with E-state index in [0.717, 1.165) is 18.6 Å². The first kappa shape index (κ1) is 19.3. The van der Waals surface area contributed by atoms with E-state index in [1.54, 1.807) is 24.0 Å². The molecule has 1 aromatic carbocycles. The zero-order valence-electron chi connectivity index (χ0n) is 15.8. The number of carboxylic acid groups (broad SMARTS) is 1. The minimum Gasteiger partial charge on any atom is -0.493 e. The molecule has 0 radical (unpaired) electrons. The first-order valence-corrected chi connectivity index (χ1v) is 9.26. The summed E-state index contributed by atoms with van der Waals surface area (Å²) in [6.45, 7) is 1.77. The van der Waals surface area contributed by atoms with Gasteiger partial charge in [-0.2, -0.15) is 0 Å². The first-order valence-electron chi connectivity index (χ1n) is 9.26. The third-order valence-corrected chi connectivity index (χ3v) is 5.25. The lowest BCUT2D eigenvalue weighted by Gasteiger charge is -2.33. The number of piperidine rings is 1. The number of ether oxygens (including phenoxy) is 2. The van der Waals surface area contributed by atoms with Crippen LogP contribution in [0.25, 0.3) is 0 Å². The number of carbonyl (C=O) groups excluding carboxylic acids is 1. The van der Waals surface area contributed by atoms with E-state index < -0.39 is 12.0 Å². The van der Waals surface area contributed by atoms with Crippen LogP contribution >= 0.6 is 0 Å². The van der Waals surface area contributed by atoms with E-state index in [4.69, 9.17) is 9.47 Å². The highest BCUT2D eigenvalue weighted by molar-refractivity contribution is 5.76. The molecule has 8 nitrogen and oxygen atoms in total. The molecule has 2 aliphatic heterocycles. The van der Waals surface area contributed by atoms with Crippen LogP contribution in [-0.2, 0) is 4.79 Å². The number of nitrogens with zero attached hydrogens (tertiary/aromatic N) is 2. The minimum absolute atomic E-state index is 0.0411. The molecule has 148 valence electrons. The third kappa shape index (κ3) is 4.63. The first-order chi connectivity index (χ1) is 13.0. The molecule has 3 rings (SSSR count). The zero-order chi connectivity index (χ0) is 19.4. The van der Waals surface area contributed by atoms with E-state index in [0.29, 0.717) is 31.8 Å². The molecule has 2 amide bonds. The normalized spacial score (nSPS) is 23.9. The van der Waals surface area contributed by atoms with Crippen molar-refractivity contribution < 1.29 is 24.2 Å². The molecule has 0 aromatic heterocycles. The third-order valence-electron chi connectivity index (χ3n) is 5.25. The van der Waals surface area contributed by atoms with Gasteiger partial charge in [-0.05, 0) is 25.6 Å². The molecule has 2 fully saturated rings. The minimum atomic E-state index is -0.844. The molecule has 0 bridgehead atoms. The predicted octanol–water partition coefficient (Wildman–Crippen LogP) is 1.41. The highest BCUT2D eigenvalue weighted by Crippen LogP contribution is 2.29. The average molecular weight is 377 g/mol. The van der Waals surface area contributed by atoms with Crippen molar-refractivity contribution in [3.05, 3.63) is 24.3 Å². The van der Waals surface area contributed by atoms with E-state index in [1.165, 1.54) is 0 Å². The number of carbonyl (C=O) groups is 2. The quantitative estimate of drug-likeness (QED) is 0.806. The number of para-hydroxylation sites is 2. The van der Waals surface area contributed by atoms with Gasteiger partial charge in [-0.25, -0.2) is 4.79 Å². The Bertz CT molecular complexity index is 675. The lowest BCUT2D eigenvalue weighted by Crippen LogP contribution is -2.49. The molecule has 8 heteroatoms. The number of hydrogen-bond donors (Lipinski definition) is 2. The molecule has 0 aliphatic carbocycles. The largest absolute Gasteiger partial charge is 0.493 e. The standard InChI is InChI=1S/C19H27N3O5/c1-21-12-13(11-15(21)18(23)24)20-19(25)22-9-7-14(8-10-22)27-17-6-4-3-5-16(17)26-2/h3-6,13-15H,7-12H2,1-2H3,(H,20,25)(H,23,24)/t13-,15+/m1/s1. The molecule has 0 unspecified atom stereocenters. The van der Waals surface area contributed by atoms with Gasteiger partial charge in [0, 0.05) is 38.5 Å². The molecule has 0 spiro atoms. The van der Waals surface area contributed by atoms with Crippen molar-refractivity contribution in [1.82, 2.24) is 15.1 Å². The summed E-state index contributed by atoms with van der Waals surface area (Å²) in [4.78, 5) is 27.2. The summed E-state index contributed by atoms with van der Waals surface area (Å²) in [5.74, 6) is 0.580. The maximum atomic E-state index is 12.5. The fourth-order valence-corrected chi connectivity index (χ4v) is 3.73. The SMILES string of the molecule is COc1ccccc1OC1CCN(C(=O)N[C@@H]2C[C@@H](C(=O)O)N(C)C2)CC1. The van der Waals surface area contributed by atoms with Crippen LogP contribution in [0.5, 0.6) is 11.5 Å². The molecule has 27 heavy (non-hydrogen) atoms. The summed E-state index contributed by atoms with van der Waals surface area (Å²) in [6.07, 6.45) is 1.96. The van der Waals surface area contributed by atoms with Crippen LogP contribution in [0.15, 0.2) is 24.3 Å². The lowest BCUT2D eigenvalue weighted by atomic mass is 10.1. The number of benzene rings is 1. The van der Waals surface area contributed by atoms with Gasteiger partial charge in [0.1, 0.15) is 12.1 Å². The van der Waals surface area contributed by atoms with Crippen LogP contribution in [0.3, 0.4) is 0 Å². The van der Waals surface area contributed by atoms with Crippen molar-refractivity contribution in [3.8, 4) is 11.5 Å². The van der Waals surface area contributed by atoms with Gasteiger partial charge in [0.15, 0.2) is 11.5 Å². The van der Waals surface area contributed by atoms with Crippen molar-refractivity contribution in [3.63, 3.8) is 0 Å². The van der Waals surface area contributed by atoms with Gasteiger partial charge in [0.2, 0.25) is 0 Å². The van der Waals surface area contributed by atoms with Crippen LogP contribution in [0.4, 0.5) is 4.79 Å². The Balaban J connectivity index is 1.46. The van der Waals surface area contributed by atoms with E-state index in [1.807, 2.05) is 24.3 Å². The number of carboxylic acids is 1. The average Bonchev–Trinajstić information content (AvgIpc) is 3.03. The highest BCUT2D eigenvalue weighted by Gasteiger charge is 2.36. The summed E-state index contributed by atoms with van der Waals surface area (Å²) in [5, 5.41) is 12.2. The summed E-state index contributed by atoms with van der Waals surface area (Å²) in [5.41, 5.74) is 0. The number of likely N-dealkylation sites (N-methyl/N-ethyl adjacent to an activating group) is 1. The van der Waals surface area contributed by atoms with E-state index in [2.05, 4.69) is 5.32 Å². The Kier molecular flexibility index (Phi) is 6.05. The fourth-order valence-electron chi connectivity index (χ4n) is 3.73. The monoisotopic (exact) mass is 377 g/mol. The van der Waals surface area contributed by atoms with Crippen molar-refractivity contribution >= 4 is 12.0 Å². The summed E-state index contributed by atoms with van der Waals surface area (Å²) >= 11 is 0. The smallest absolute Gasteiger partial charge is 0.320 e. The van der Waals surface area contributed by atoms with Crippen LogP contribution in [-0.4, -0.2) is 78.9 Å². The van der Waals surface area contributed by atoms with Gasteiger partial charge in [0.05, 0.1) is 7.11 Å². The number of rotatable bonds is 5. The Labute approximate surface area is 159 Å². The molecule has 2 atom stereocenters. The van der Waals surface area contributed by atoms with Gasteiger partial charge >= 0.3 is 12.0 Å². The topological polar surface area (TPSA) is 91.3 Å².